The quantitative estimate of drug-likeness (QED) is 0.417. The van der Waals surface area contributed by atoms with Gasteiger partial charge in [0.15, 0.2) is 29.3 Å². The zero-order valence-corrected chi connectivity index (χ0v) is 19.4. The smallest absolute Gasteiger partial charge is 0.427 e. The standard InChI is InChI=1S/C11H31NO5Si4/c1-13-18-11(19-14-2,20-15-3)7-9-12-8-6-10-21(12,16-4)17-5/h6-10,18-20H2,1-5H3. The Morgan fingerprint density at radius 2 is 1.48 bits per heavy atom. The van der Waals surface area contributed by atoms with Gasteiger partial charge in [0.1, 0.15) is 0 Å². The Kier molecular flexibility index (Phi) is 9.08. The number of hydrogen-bond donors (Lipinski definition) is 0. The summed E-state index contributed by atoms with van der Waals surface area (Å²) in [5.41, 5.74) is 0. The molecule has 0 aromatic rings. The molecule has 0 N–H and O–H groups in total. The van der Waals surface area contributed by atoms with Crippen molar-refractivity contribution in [3.8, 4) is 0 Å². The molecule has 0 amide bonds. The molecule has 1 heterocycles. The van der Waals surface area contributed by atoms with Crippen LogP contribution in [0, 0.1) is 0 Å². The van der Waals surface area contributed by atoms with Gasteiger partial charge >= 0.3 is 8.72 Å². The van der Waals surface area contributed by atoms with Crippen LogP contribution >= 0.6 is 0 Å². The van der Waals surface area contributed by atoms with E-state index in [1.54, 1.807) is 14.2 Å². The first-order chi connectivity index (χ1) is 10.1. The minimum atomic E-state index is -2.12. The Morgan fingerprint density at radius 3 is 1.90 bits per heavy atom. The second-order valence-electron chi connectivity index (χ2n) is 5.76. The summed E-state index contributed by atoms with van der Waals surface area (Å²) >= 11 is 0. The second kappa shape index (κ2) is 9.70. The van der Waals surface area contributed by atoms with Gasteiger partial charge in [-0.1, -0.05) is 0 Å². The highest BCUT2D eigenvalue weighted by Crippen LogP contribution is 2.32. The normalized spacial score (nSPS) is 23.3. The van der Waals surface area contributed by atoms with Gasteiger partial charge in [-0.25, -0.2) is 0 Å². The lowest BCUT2D eigenvalue weighted by molar-refractivity contribution is 0.181. The van der Waals surface area contributed by atoms with Gasteiger partial charge in [0.25, 0.3) is 0 Å². The topological polar surface area (TPSA) is 49.4 Å². The van der Waals surface area contributed by atoms with Crippen molar-refractivity contribution in [3.05, 3.63) is 0 Å². The third-order valence-electron chi connectivity index (χ3n) is 4.30. The van der Waals surface area contributed by atoms with E-state index in [-0.39, 0.29) is 0 Å². The van der Waals surface area contributed by atoms with Crippen LogP contribution < -0.4 is 0 Å². The summed E-state index contributed by atoms with van der Waals surface area (Å²) < 4.78 is 31.2. The van der Waals surface area contributed by atoms with E-state index >= 15 is 0 Å². The molecule has 0 spiro atoms. The highest BCUT2D eigenvalue weighted by molar-refractivity contribution is 6.74. The molecule has 1 rings (SSSR count). The number of rotatable bonds is 11. The summed E-state index contributed by atoms with van der Waals surface area (Å²) in [6.07, 6.45) is 2.29. The van der Waals surface area contributed by atoms with E-state index in [0.717, 1.165) is 25.6 Å². The zero-order chi connectivity index (χ0) is 15.8. The number of nitrogens with zero attached hydrogens (tertiary/aromatic N) is 1. The predicted octanol–water partition coefficient (Wildman–Crippen LogP) is -1.42. The first-order valence-corrected chi connectivity index (χ1v) is 13.3. The predicted molar refractivity (Wildman–Crippen MR) is 94.7 cm³/mol. The minimum Gasteiger partial charge on any atom is -0.427 e. The lowest BCUT2D eigenvalue weighted by atomic mass is 10.4. The zero-order valence-electron chi connectivity index (χ0n) is 14.1. The van der Waals surface area contributed by atoms with Gasteiger partial charge in [0.05, 0.1) is 0 Å². The molecule has 0 unspecified atom stereocenters. The third kappa shape index (κ3) is 5.06. The molecule has 21 heavy (non-hydrogen) atoms. The fourth-order valence-electron chi connectivity index (χ4n) is 3.28. The molecule has 1 aliphatic rings. The summed E-state index contributed by atoms with van der Waals surface area (Å²) in [5.74, 6) is 0. The van der Waals surface area contributed by atoms with Crippen LogP contribution in [0.5, 0.6) is 0 Å². The van der Waals surface area contributed by atoms with Gasteiger partial charge in [-0.15, -0.1) is 0 Å². The van der Waals surface area contributed by atoms with Gasteiger partial charge in [0, 0.05) is 45.9 Å². The molecule has 0 saturated carbocycles. The van der Waals surface area contributed by atoms with Crippen molar-refractivity contribution in [1.29, 1.82) is 0 Å². The lowest BCUT2D eigenvalue weighted by Crippen LogP contribution is -2.54. The molecular formula is C11H31NO5Si4. The Bertz CT molecular complexity index is 279. The van der Waals surface area contributed by atoms with Crippen molar-refractivity contribution in [3.63, 3.8) is 0 Å². The first kappa shape index (κ1) is 19.7. The first-order valence-electron chi connectivity index (χ1n) is 7.44. The SMILES string of the molecule is CO[SiH2]C(CCN1CCC[Si]1(OC)OC)([SiH2]OC)[SiH2]OC. The van der Waals surface area contributed by atoms with Gasteiger partial charge in [-0.05, 0) is 25.9 Å². The van der Waals surface area contributed by atoms with E-state index in [9.17, 15) is 0 Å². The molecule has 0 atom stereocenters. The van der Waals surface area contributed by atoms with Crippen molar-refractivity contribution in [2.45, 2.75) is 23.2 Å². The molecule has 10 heteroatoms. The maximum absolute atomic E-state index is 5.79. The Labute approximate surface area is 137 Å². The monoisotopic (exact) mass is 369 g/mol. The maximum Gasteiger partial charge on any atom is 0.427 e. The fourth-order valence-corrected chi connectivity index (χ4v) is 13.7. The van der Waals surface area contributed by atoms with Crippen LogP contribution in [0.2, 0.25) is 10.3 Å². The van der Waals surface area contributed by atoms with Gasteiger partial charge in [0.2, 0.25) is 0 Å². The van der Waals surface area contributed by atoms with Gasteiger partial charge < -0.3 is 22.1 Å². The van der Waals surface area contributed by atoms with Crippen LogP contribution in [0.3, 0.4) is 0 Å². The molecule has 0 aliphatic carbocycles. The molecule has 1 aliphatic heterocycles. The molecule has 1 fully saturated rings. The summed E-state index contributed by atoms with van der Waals surface area (Å²) in [7, 11) is 5.15. The van der Waals surface area contributed by atoms with Crippen molar-refractivity contribution >= 4 is 38.0 Å². The Balaban J connectivity index is 2.70. The van der Waals surface area contributed by atoms with E-state index < -0.39 is 38.0 Å². The molecule has 0 aromatic carbocycles. The number of hydrogen-bond acceptors (Lipinski definition) is 6. The average molecular weight is 370 g/mol. The maximum atomic E-state index is 5.79. The lowest BCUT2D eigenvalue weighted by Gasteiger charge is -2.36. The minimum absolute atomic E-state index is 0.294. The van der Waals surface area contributed by atoms with E-state index in [0.29, 0.717) is 4.28 Å². The summed E-state index contributed by atoms with van der Waals surface area (Å²) in [5, 5.41) is 0. The van der Waals surface area contributed by atoms with Crippen molar-refractivity contribution in [1.82, 2.24) is 4.57 Å². The van der Waals surface area contributed by atoms with E-state index in [1.807, 2.05) is 21.3 Å². The van der Waals surface area contributed by atoms with E-state index in [2.05, 4.69) is 4.57 Å². The molecule has 0 bridgehead atoms. The largest absolute Gasteiger partial charge is 0.427 e. The van der Waals surface area contributed by atoms with Crippen molar-refractivity contribution in [2.24, 2.45) is 0 Å². The average Bonchev–Trinajstić information content (AvgIpc) is 2.89. The second-order valence-corrected chi connectivity index (χ2v) is 19.2. The van der Waals surface area contributed by atoms with Crippen LogP contribution in [-0.2, 0) is 22.1 Å². The molecular weight excluding hydrogens is 338 g/mol. The van der Waals surface area contributed by atoms with Crippen LogP contribution in [0.25, 0.3) is 0 Å². The van der Waals surface area contributed by atoms with Crippen molar-refractivity contribution < 1.29 is 22.1 Å². The fraction of sp³-hybridized carbons (Fsp3) is 1.00. The highest BCUT2D eigenvalue weighted by atomic mass is 28.4. The molecule has 0 radical (unpaired) electrons. The van der Waals surface area contributed by atoms with Crippen LogP contribution in [0.4, 0.5) is 0 Å². The van der Waals surface area contributed by atoms with Gasteiger partial charge in [-0.3, -0.25) is 4.57 Å². The Morgan fingerprint density at radius 1 is 0.952 bits per heavy atom. The highest BCUT2D eigenvalue weighted by Gasteiger charge is 2.48. The summed E-state index contributed by atoms with van der Waals surface area (Å²) in [4.78, 5) is 0. The van der Waals surface area contributed by atoms with Crippen LogP contribution in [0.1, 0.15) is 12.8 Å². The Hall–Kier alpha value is 0.628. The third-order valence-corrected chi connectivity index (χ3v) is 15.4. The van der Waals surface area contributed by atoms with E-state index in [1.165, 1.54) is 6.42 Å². The molecule has 1 saturated heterocycles. The van der Waals surface area contributed by atoms with Crippen molar-refractivity contribution in [2.75, 3.05) is 48.6 Å². The van der Waals surface area contributed by atoms with E-state index in [4.69, 9.17) is 22.1 Å². The molecule has 126 valence electrons. The molecule has 6 nitrogen and oxygen atoms in total. The van der Waals surface area contributed by atoms with Crippen LogP contribution in [-0.4, -0.2) is 91.2 Å². The molecule has 0 aromatic heterocycles. The summed E-state index contributed by atoms with van der Waals surface area (Å²) in [6.45, 7) is 2.11. The van der Waals surface area contributed by atoms with Crippen LogP contribution in [0.15, 0.2) is 0 Å². The summed E-state index contributed by atoms with van der Waals surface area (Å²) in [6, 6.07) is 1.07. The van der Waals surface area contributed by atoms with Gasteiger partial charge in [-0.2, -0.15) is 0 Å².